The Morgan fingerprint density at radius 3 is 1.12 bits per heavy atom. The molecule has 6 aromatic carbocycles. The second-order valence-corrected chi connectivity index (χ2v) is 16.4. The Morgan fingerprint density at radius 2 is 0.827 bits per heavy atom. The van der Waals surface area contributed by atoms with Crippen LogP contribution in [0.3, 0.4) is 0 Å². The summed E-state index contributed by atoms with van der Waals surface area (Å²) in [5.74, 6) is 0.962. The molecule has 2 N–H and O–H groups in total. The monoisotopic (exact) mass is 826 g/mol. The summed E-state index contributed by atoms with van der Waals surface area (Å²) in [4.78, 5) is 0. The van der Waals surface area contributed by atoms with E-state index in [1.807, 2.05) is 17.3 Å². The molecule has 0 saturated carbocycles. The molecule has 52 heavy (non-hydrogen) atoms. The number of halogens is 1. The summed E-state index contributed by atoms with van der Waals surface area (Å²) in [6.07, 6.45) is 0. The molecule has 0 fully saturated rings. The Kier molecular flexibility index (Phi) is 14.8. The van der Waals surface area contributed by atoms with Gasteiger partial charge in [0.2, 0.25) is 0 Å². The minimum atomic E-state index is -0.877. The Labute approximate surface area is 322 Å². The Bertz CT molecular complexity index is 1840. The van der Waals surface area contributed by atoms with Gasteiger partial charge in [0, 0.05) is 13.2 Å². The standard InChI is InChI=1S/C42H35O2P2.2CO.ClH.Ru/c43-27-35-36(28-44)42-40-33(23-13-25-37(40)45(29-15-5-1-6-16-29)30-17-7-2-8-18-30)39(35)34-24-14-26-38(41(34)42)46(31-19-9-3-10-20-31)32-21-11-4-12-22-32;2*1-2;;/h1-26,35-36,39,43-44H,27-28H2;;;1H;/q-1;;;;+2/p-1. The third kappa shape index (κ3) is 7.56. The normalized spacial score (nSPS) is 16.2. The first-order valence-electron chi connectivity index (χ1n) is 16.5. The van der Waals surface area contributed by atoms with E-state index in [1.165, 1.54) is 60.0 Å². The summed E-state index contributed by atoms with van der Waals surface area (Å²) in [6, 6.07) is 57.1. The molecule has 3 aliphatic carbocycles. The molecule has 2 unspecified atom stereocenters. The van der Waals surface area contributed by atoms with Gasteiger partial charge in [0.15, 0.2) is 0 Å². The van der Waals surface area contributed by atoms with Crippen LogP contribution in [0.2, 0.25) is 0 Å². The molecule has 9 rings (SSSR count). The van der Waals surface area contributed by atoms with Crippen molar-refractivity contribution in [3.05, 3.63) is 199 Å². The number of hydrogen-bond donors (Lipinski definition) is 2. The van der Waals surface area contributed by atoms with E-state index in [1.54, 1.807) is 0 Å². The number of benzene rings is 6. The molecule has 6 aromatic rings. The number of hydrogen-bond acceptors (Lipinski definition) is 2. The molecule has 2 atom stereocenters. The fourth-order valence-electron chi connectivity index (χ4n) is 7.79. The van der Waals surface area contributed by atoms with Gasteiger partial charge in [0.05, 0.1) is 0 Å². The third-order valence-electron chi connectivity index (χ3n) is 9.62. The number of aliphatic hydroxyl groups excluding tert-OH is 2. The minimum absolute atomic E-state index is 0.00179. The molecule has 0 aliphatic heterocycles. The molecule has 8 heteroatoms. The van der Waals surface area contributed by atoms with Gasteiger partial charge in [-0.1, -0.05) is 168 Å². The van der Waals surface area contributed by atoms with E-state index >= 15 is 0 Å². The predicted molar refractivity (Wildman–Crippen MR) is 208 cm³/mol. The maximum atomic E-state index is 11.2. The summed E-state index contributed by atoms with van der Waals surface area (Å²) in [7, 11) is 2.82. The molecular formula is C44H35ClO4P2Ru. The molecule has 3 aliphatic rings. The van der Waals surface area contributed by atoms with Gasteiger partial charge < -0.3 is 10.2 Å². The van der Waals surface area contributed by atoms with Crippen LogP contribution in [-0.2, 0) is 26.6 Å². The van der Waals surface area contributed by atoms with E-state index in [4.69, 9.17) is 9.30 Å². The molecular weight excluding hydrogens is 791 g/mol. The number of aliphatic hydroxyl groups is 2. The van der Waals surface area contributed by atoms with Gasteiger partial charge in [-0.3, -0.25) is 0 Å². The van der Waals surface area contributed by atoms with Gasteiger partial charge >= 0.3 is 49.6 Å². The second kappa shape index (κ2) is 19.4. The van der Waals surface area contributed by atoms with Crippen molar-refractivity contribution in [3.8, 4) is 0 Å². The summed E-state index contributed by atoms with van der Waals surface area (Å²) in [6.45, 7) is 9.03. The first-order chi connectivity index (χ1) is 25.8. The van der Waals surface area contributed by atoms with E-state index < -0.39 is 15.8 Å². The van der Waals surface area contributed by atoms with Crippen molar-refractivity contribution >= 4 is 57.4 Å². The zero-order valence-corrected chi connectivity index (χ0v) is 32.3. The Hall–Kier alpha value is -3.64. The fraction of sp³-hybridized carbons (Fsp3) is 0.114. The van der Waals surface area contributed by atoms with Gasteiger partial charge in [-0.25, -0.2) is 0 Å². The Balaban J connectivity index is 0.000000830. The van der Waals surface area contributed by atoms with E-state index in [9.17, 15) is 10.2 Å². The van der Waals surface area contributed by atoms with Crippen molar-refractivity contribution in [2.75, 3.05) is 13.2 Å². The molecule has 0 radical (unpaired) electrons. The molecule has 0 heterocycles. The summed E-state index contributed by atoms with van der Waals surface area (Å²) < 4.78 is 15.0. The van der Waals surface area contributed by atoms with Crippen molar-refractivity contribution in [2.45, 2.75) is 5.92 Å². The second-order valence-electron chi connectivity index (χ2n) is 12.0. The SMILES string of the molecule is OCC1[C-]2c3c(cccc3P(c3ccccc3)c3ccccc3)C(c3cccc(P(c4ccccc4)c4ccccc4)c32)C1CO.[C-]#[O+].[C-]#[O+].[Cl][Ru+]. The number of rotatable bonds is 8. The van der Waals surface area contributed by atoms with Crippen molar-refractivity contribution in [1.82, 2.24) is 0 Å². The molecule has 0 spiro atoms. The van der Waals surface area contributed by atoms with Gasteiger partial charge in [-0.2, -0.15) is 0 Å². The molecule has 4 nitrogen and oxygen atoms in total. The molecule has 260 valence electrons. The van der Waals surface area contributed by atoms with Gasteiger partial charge in [-0.15, -0.1) is 28.2 Å². The van der Waals surface area contributed by atoms with Crippen molar-refractivity contribution in [3.63, 3.8) is 0 Å². The van der Waals surface area contributed by atoms with Crippen LogP contribution < -0.4 is 31.8 Å². The topological polar surface area (TPSA) is 80.3 Å². The first-order valence-corrected chi connectivity index (χ1v) is 21.4. The van der Waals surface area contributed by atoms with Crippen LogP contribution in [0.1, 0.15) is 28.2 Å². The zero-order chi connectivity index (χ0) is 37.0. The van der Waals surface area contributed by atoms with Crippen LogP contribution in [0.5, 0.6) is 0 Å². The summed E-state index contributed by atoms with van der Waals surface area (Å²) >= 11 is 1.82. The van der Waals surface area contributed by atoms with Gasteiger partial charge in [0.25, 0.3) is 0 Å². The first kappa shape index (κ1) is 39.6. The van der Waals surface area contributed by atoms with Crippen molar-refractivity contribution in [1.29, 1.82) is 0 Å². The average Bonchev–Trinajstić information content (AvgIpc) is 3.24. The molecule has 0 aromatic heterocycles. The average molecular weight is 826 g/mol. The van der Waals surface area contributed by atoms with E-state index in [0.717, 1.165) is 0 Å². The van der Waals surface area contributed by atoms with Crippen LogP contribution in [0.25, 0.3) is 0 Å². The summed E-state index contributed by atoms with van der Waals surface area (Å²) in [5, 5.41) is 30.0. The molecule has 0 saturated heterocycles. The van der Waals surface area contributed by atoms with E-state index in [0.29, 0.717) is 0 Å². The van der Waals surface area contributed by atoms with Gasteiger partial charge in [-0.05, 0) is 54.8 Å². The van der Waals surface area contributed by atoms with Crippen molar-refractivity contribution in [2.24, 2.45) is 11.8 Å². The summed E-state index contributed by atoms with van der Waals surface area (Å²) in [5.41, 5.74) is 5.13. The van der Waals surface area contributed by atoms with Gasteiger partial charge in [0.1, 0.15) is 0 Å². The third-order valence-corrected chi connectivity index (χ3v) is 14.6. The predicted octanol–water partition coefficient (Wildman–Crippen LogP) is 6.46. The van der Waals surface area contributed by atoms with Crippen LogP contribution >= 0.6 is 25.5 Å². The quantitative estimate of drug-likeness (QED) is 0.0801. The van der Waals surface area contributed by atoms with Crippen LogP contribution in [0.4, 0.5) is 0 Å². The molecule has 2 bridgehead atoms. The maximum absolute atomic E-state index is 11.2. The fourth-order valence-corrected chi connectivity index (χ4v) is 12.8. The zero-order valence-electron chi connectivity index (χ0n) is 28.0. The molecule has 0 amide bonds. The van der Waals surface area contributed by atoms with E-state index in [-0.39, 0.29) is 31.0 Å². The van der Waals surface area contributed by atoms with Crippen LogP contribution in [0.15, 0.2) is 158 Å². The van der Waals surface area contributed by atoms with Crippen LogP contribution in [-0.4, -0.2) is 23.4 Å². The van der Waals surface area contributed by atoms with E-state index in [2.05, 4.69) is 181 Å². The Morgan fingerprint density at radius 1 is 0.500 bits per heavy atom. The number of fused-ring (bicyclic) bond motifs is 1. The van der Waals surface area contributed by atoms with Crippen molar-refractivity contribution < 1.29 is 36.8 Å². The van der Waals surface area contributed by atoms with Crippen LogP contribution in [0, 0.1) is 31.1 Å².